The van der Waals surface area contributed by atoms with Gasteiger partial charge >= 0.3 is 48.9 Å². The van der Waals surface area contributed by atoms with E-state index in [9.17, 15) is 0 Å². The molecule has 0 amide bonds. The molecule has 6 atom stereocenters. The number of allylic oxidation sites excluding steroid dienone is 4. The summed E-state index contributed by atoms with van der Waals surface area (Å²) in [7, 11) is -2.27. The molecule has 2 fully saturated rings. The molecule has 4 aliphatic rings. The van der Waals surface area contributed by atoms with Crippen LogP contribution in [0.3, 0.4) is 0 Å². The molecule has 4 rings (SSSR count). The van der Waals surface area contributed by atoms with Crippen molar-refractivity contribution in [1.29, 1.82) is 0 Å². The Kier molecular flexibility index (Phi) is 20.9. The first-order valence-electron chi connectivity index (χ1n) is 17.1. The summed E-state index contributed by atoms with van der Waals surface area (Å²) in [4.78, 5) is 0. The van der Waals surface area contributed by atoms with Crippen molar-refractivity contribution in [2.75, 3.05) is 0 Å². The smallest absolute Gasteiger partial charge is 0.358 e. The third-order valence-corrected chi connectivity index (χ3v) is 23.6. The van der Waals surface area contributed by atoms with Crippen LogP contribution in [-0.2, 0) is 0 Å². The Hall–Kier alpha value is 1.49. The van der Waals surface area contributed by atoms with Gasteiger partial charge in [0.25, 0.3) is 0 Å². The van der Waals surface area contributed by atoms with Gasteiger partial charge in [-0.2, -0.15) is 0 Å². The van der Waals surface area contributed by atoms with Gasteiger partial charge in [0.15, 0.2) is 0 Å². The molecule has 0 spiro atoms. The van der Waals surface area contributed by atoms with E-state index in [0.29, 0.717) is 0 Å². The van der Waals surface area contributed by atoms with Crippen LogP contribution in [0.25, 0.3) is 0 Å². The van der Waals surface area contributed by atoms with Crippen LogP contribution in [0.15, 0.2) is 22.3 Å². The fourth-order valence-electron chi connectivity index (χ4n) is 10.0. The van der Waals surface area contributed by atoms with Crippen molar-refractivity contribution in [3.05, 3.63) is 37.1 Å². The molecule has 0 saturated heterocycles. The van der Waals surface area contributed by atoms with Crippen molar-refractivity contribution < 1.29 is 0 Å². The Bertz CT molecular complexity index is 742. The van der Waals surface area contributed by atoms with Crippen molar-refractivity contribution in [3.8, 4) is 0 Å². The van der Waals surface area contributed by atoms with E-state index >= 15 is 0 Å². The molecule has 41 heavy (non-hydrogen) atoms. The summed E-state index contributed by atoms with van der Waals surface area (Å²) in [5, 5.41) is 0. The van der Waals surface area contributed by atoms with Crippen molar-refractivity contribution in [1.82, 2.24) is 0 Å². The predicted octanol–water partition coefficient (Wildman–Crippen LogP) is 13.6. The van der Waals surface area contributed by atoms with E-state index in [1.165, 1.54) is 64.2 Å². The molecule has 0 radical (unpaired) electrons. The van der Waals surface area contributed by atoms with Crippen LogP contribution >= 0.6 is 0 Å². The van der Waals surface area contributed by atoms with Gasteiger partial charge in [-0.25, -0.2) is 0 Å². The quantitative estimate of drug-likeness (QED) is 0.154. The van der Waals surface area contributed by atoms with E-state index in [4.69, 9.17) is 0 Å². The summed E-state index contributed by atoms with van der Waals surface area (Å²) in [6.45, 7) is 34.4. The molecule has 0 nitrogen and oxygen atoms in total. The van der Waals surface area contributed by atoms with E-state index in [-0.39, 0.29) is 63.7 Å². The zero-order valence-electron chi connectivity index (χ0n) is 31.4. The van der Waals surface area contributed by atoms with E-state index in [0.717, 1.165) is 45.8 Å². The van der Waals surface area contributed by atoms with Gasteiger partial charge in [-0.15, -0.1) is 0 Å². The van der Waals surface area contributed by atoms with Gasteiger partial charge in [-0.05, 0) is 73.5 Å². The molecule has 3 heteroatoms. The van der Waals surface area contributed by atoms with E-state index in [1.54, 1.807) is 22.3 Å². The first kappa shape index (κ1) is 44.6. The van der Waals surface area contributed by atoms with Crippen LogP contribution in [0.2, 0.25) is 48.4 Å². The summed E-state index contributed by atoms with van der Waals surface area (Å²) in [6, 6.07) is 0. The summed E-state index contributed by atoms with van der Waals surface area (Å²) < 4.78 is 0. The minimum Gasteiger partial charge on any atom is -0.358 e. The maximum absolute atomic E-state index is 2.69. The number of rotatable bonds is 4. The zero-order valence-corrected chi connectivity index (χ0v) is 37.8. The Morgan fingerprint density at radius 1 is 0.463 bits per heavy atom. The minimum atomic E-state index is -1.14. The first-order chi connectivity index (χ1) is 17.7. The molecule has 0 bridgehead atoms. The van der Waals surface area contributed by atoms with Gasteiger partial charge in [0.05, 0.1) is 16.1 Å². The average molecular weight is 727 g/mol. The van der Waals surface area contributed by atoms with E-state index in [1.807, 2.05) is 13.8 Å². The molecular formula is C38H76BaSi2. The molecule has 0 unspecified atom stereocenters. The standard InChI is InChI=1S/2C17H32Si.C2H6.2CH3.Ba/c2*1-12-13(2)15(4)17(14(12)3)18(5,6)16-10-8-7-9-11-16;1-2;;;/h2*12,14,16-17H,7-11H2,1-6H3;1-2H3;2*1H3;/q;;;2*-1;+2/t12-,14-,17+;12-,14-,17-;;;;/m11..../s1. The molecule has 0 aromatic rings. The molecule has 0 heterocycles. The van der Waals surface area contributed by atoms with Gasteiger partial charge in [-0.1, -0.05) is 154 Å². The SMILES string of the molecule is CC.CC1=C(C)[C@@H]([Si](C)(C)C2CCCCC2)[C@H](C)[C@@H]1C.CC1=C(C)[C@H]([Si](C)(C)C2CCCCC2)[C@H](C)[C@@H]1C.[Ba+2].[CH3-].[CH3-]. The van der Waals surface area contributed by atoms with Gasteiger partial charge < -0.3 is 14.9 Å². The molecule has 0 aromatic carbocycles. The van der Waals surface area contributed by atoms with E-state index in [2.05, 4.69) is 81.6 Å². The summed E-state index contributed by atoms with van der Waals surface area (Å²) >= 11 is 0. The van der Waals surface area contributed by atoms with Crippen molar-refractivity contribution in [2.24, 2.45) is 23.7 Å². The largest absolute Gasteiger partial charge is 2.00 e. The van der Waals surface area contributed by atoms with Crippen LogP contribution in [0, 0.1) is 38.5 Å². The zero-order chi connectivity index (χ0) is 29.0. The van der Waals surface area contributed by atoms with Gasteiger partial charge in [-0.3, -0.25) is 0 Å². The molecular weight excluding hydrogens is 650 g/mol. The minimum absolute atomic E-state index is 0. The maximum Gasteiger partial charge on any atom is 2.00 e. The Labute approximate surface area is 304 Å². The molecule has 2 saturated carbocycles. The molecule has 238 valence electrons. The molecule has 0 aromatic heterocycles. The maximum atomic E-state index is 2.69. The van der Waals surface area contributed by atoms with Crippen LogP contribution in [0.4, 0.5) is 0 Å². The van der Waals surface area contributed by atoms with Crippen molar-refractivity contribution in [2.45, 2.75) is 182 Å². The van der Waals surface area contributed by atoms with Crippen LogP contribution < -0.4 is 0 Å². The van der Waals surface area contributed by atoms with Gasteiger partial charge in [0.1, 0.15) is 0 Å². The Balaban J connectivity index is 0. The topological polar surface area (TPSA) is 0 Å². The van der Waals surface area contributed by atoms with Crippen LogP contribution in [0.5, 0.6) is 0 Å². The third-order valence-electron chi connectivity index (χ3n) is 13.1. The fourth-order valence-corrected chi connectivity index (χ4v) is 20.8. The number of hydrogen-bond acceptors (Lipinski definition) is 0. The third kappa shape index (κ3) is 9.74. The van der Waals surface area contributed by atoms with Gasteiger partial charge in [0, 0.05) is 0 Å². The second-order valence-electron chi connectivity index (χ2n) is 15.3. The summed E-state index contributed by atoms with van der Waals surface area (Å²) in [6.07, 6.45) is 15.1. The predicted molar refractivity (Wildman–Crippen MR) is 199 cm³/mol. The Morgan fingerprint density at radius 3 is 0.902 bits per heavy atom. The monoisotopic (exact) mass is 726 g/mol. The van der Waals surface area contributed by atoms with E-state index < -0.39 is 16.1 Å². The van der Waals surface area contributed by atoms with Crippen molar-refractivity contribution in [3.63, 3.8) is 0 Å². The summed E-state index contributed by atoms with van der Waals surface area (Å²) in [5.74, 6) is 3.44. The first-order valence-corrected chi connectivity index (χ1v) is 23.4. The summed E-state index contributed by atoms with van der Waals surface area (Å²) in [5.41, 5.74) is 11.1. The van der Waals surface area contributed by atoms with Crippen molar-refractivity contribution >= 4 is 65.0 Å². The average Bonchev–Trinajstić information content (AvgIpc) is 3.24. The fraction of sp³-hybridized carbons (Fsp3) is 0.842. The molecule has 0 aliphatic heterocycles. The Morgan fingerprint density at radius 2 is 0.707 bits per heavy atom. The second-order valence-corrected chi connectivity index (χ2v) is 25.5. The van der Waals surface area contributed by atoms with Crippen LogP contribution in [-0.4, -0.2) is 65.0 Å². The normalized spacial score (nSPS) is 31.2. The number of hydrogen-bond donors (Lipinski definition) is 0. The molecule has 4 aliphatic carbocycles. The van der Waals surface area contributed by atoms with Crippen LogP contribution in [0.1, 0.15) is 133 Å². The molecule has 0 N–H and O–H groups in total. The second kappa shape index (κ2) is 19.2. The van der Waals surface area contributed by atoms with Gasteiger partial charge in [0.2, 0.25) is 0 Å².